The van der Waals surface area contributed by atoms with Crippen LogP contribution in [0.5, 0.6) is 0 Å². The van der Waals surface area contributed by atoms with Crippen LogP contribution < -0.4 is 0 Å². The molecule has 0 amide bonds. The second-order valence-electron chi connectivity index (χ2n) is 3.06. The van der Waals surface area contributed by atoms with Crippen LogP contribution in [0.2, 0.25) is 0 Å². The highest BCUT2D eigenvalue weighted by Gasteiger charge is 1.81. The average Bonchev–Trinajstić information content (AvgIpc) is 2.40. The van der Waals surface area contributed by atoms with Crippen molar-refractivity contribution < 1.29 is 0 Å². The van der Waals surface area contributed by atoms with Crippen molar-refractivity contribution in [2.75, 3.05) is 0 Å². The van der Waals surface area contributed by atoms with E-state index in [2.05, 4.69) is 12.6 Å². The molecule has 0 N–H and O–H groups in total. The number of hydrogen-bond acceptors (Lipinski definition) is 2. The molecule has 0 aromatic heterocycles. The lowest BCUT2D eigenvalue weighted by molar-refractivity contribution is 1.44. The van der Waals surface area contributed by atoms with E-state index >= 15 is 0 Å². The number of allylic oxidation sites excluding steroid dienone is 4. The third kappa shape index (κ3) is 8.42. The fourth-order valence-corrected chi connectivity index (χ4v) is 0.905. The van der Waals surface area contributed by atoms with Crippen molar-refractivity contribution in [2.24, 2.45) is 0 Å². The Labute approximate surface area is 102 Å². The third-order valence-electron chi connectivity index (χ3n) is 1.70. The van der Waals surface area contributed by atoms with Gasteiger partial charge in [0.1, 0.15) is 0 Å². The Balaban J connectivity index is 0.000000557. The molecule has 0 aliphatic rings. The zero-order valence-electron chi connectivity index (χ0n) is 9.80. The van der Waals surface area contributed by atoms with Crippen molar-refractivity contribution >= 4 is 6.08 Å². The Kier molecular flexibility index (Phi) is 8.44. The summed E-state index contributed by atoms with van der Waals surface area (Å²) in [7, 11) is 0. The van der Waals surface area contributed by atoms with Crippen molar-refractivity contribution in [2.45, 2.75) is 6.92 Å². The number of benzene rings is 1. The summed E-state index contributed by atoms with van der Waals surface area (Å²) in [5.41, 5.74) is 1.86. The lowest BCUT2D eigenvalue weighted by Crippen LogP contribution is -1.68. The van der Waals surface area contributed by atoms with E-state index in [1.165, 1.54) is 6.08 Å². The van der Waals surface area contributed by atoms with Crippen LogP contribution in [0.15, 0.2) is 60.7 Å². The summed E-state index contributed by atoms with van der Waals surface area (Å²) in [6.07, 6.45) is 6.84. The first-order valence-corrected chi connectivity index (χ1v) is 5.05. The molecule has 1 rings (SSSR count). The van der Waals surface area contributed by atoms with Gasteiger partial charge in [0.25, 0.3) is 0 Å². The van der Waals surface area contributed by atoms with Gasteiger partial charge in [0.15, 0.2) is 0 Å². The van der Waals surface area contributed by atoms with Gasteiger partial charge in [-0.05, 0) is 18.6 Å². The van der Waals surface area contributed by atoms with Gasteiger partial charge in [0, 0.05) is 11.6 Å². The molecular weight excluding hydrogens is 208 g/mol. The maximum atomic E-state index is 8.48. The fourth-order valence-electron chi connectivity index (χ4n) is 0.905. The van der Waals surface area contributed by atoms with Crippen LogP contribution >= 0.6 is 0 Å². The van der Waals surface area contributed by atoms with Crippen molar-refractivity contribution in [1.82, 2.24) is 0 Å². The van der Waals surface area contributed by atoms with E-state index in [1.54, 1.807) is 19.1 Å². The van der Waals surface area contributed by atoms with Gasteiger partial charge in [-0.15, -0.1) is 0 Å². The molecule has 0 saturated carbocycles. The van der Waals surface area contributed by atoms with Crippen LogP contribution in [0.1, 0.15) is 12.5 Å². The fraction of sp³-hybridized carbons (Fsp3) is 0.0667. The summed E-state index contributed by atoms with van der Waals surface area (Å²) < 4.78 is 0. The highest BCUT2D eigenvalue weighted by molar-refractivity contribution is 5.51. The highest BCUT2D eigenvalue weighted by atomic mass is 14.2. The summed E-state index contributed by atoms with van der Waals surface area (Å²) in [6.45, 7) is 4.91. The van der Waals surface area contributed by atoms with Crippen LogP contribution in [0.25, 0.3) is 6.08 Å². The molecule has 17 heavy (non-hydrogen) atoms. The summed E-state index contributed by atoms with van der Waals surface area (Å²) in [4.78, 5) is 0. The maximum Gasteiger partial charge on any atom is 0.0944 e. The Morgan fingerprint density at radius 3 is 2.29 bits per heavy atom. The van der Waals surface area contributed by atoms with Crippen LogP contribution in [0.4, 0.5) is 0 Å². The normalized spacial score (nSPS) is 9.71. The van der Waals surface area contributed by atoms with Crippen LogP contribution in [-0.4, -0.2) is 0 Å². The molecule has 0 aliphatic heterocycles. The third-order valence-corrected chi connectivity index (χ3v) is 1.70. The minimum atomic E-state index is 0.715. The molecule has 0 bridgehead atoms. The van der Waals surface area contributed by atoms with Gasteiger partial charge in [-0.3, -0.25) is 0 Å². The Hall–Kier alpha value is -2.58. The van der Waals surface area contributed by atoms with Crippen molar-refractivity contribution in [1.29, 1.82) is 10.5 Å². The first-order chi connectivity index (χ1) is 8.24. The standard InChI is InChI=1S/C12H11N.C3H3N/c1-11(10-13)6-5-9-12-7-3-2-4-8-12;1-2-3-4/h2-9H,1H3;2H,1H2. The van der Waals surface area contributed by atoms with Gasteiger partial charge in [-0.2, -0.15) is 10.5 Å². The molecule has 0 radical (unpaired) electrons. The first kappa shape index (κ1) is 14.4. The van der Waals surface area contributed by atoms with Crippen molar-refractivity contribution in [3.05, 3.63) is 66.3 Å². The summed E-state index contributed by atoms with van der Waals surface area (Å²) in [6, 6.07) is 13.7. The predicted molar refractivity (Wildman–Crippen MR) is 70.7 cm³/mol. The SMILES string of the molecule is C=CC#N.CC(C#N)=CC=Cc1ccccc1. The molecule has 0 fully saturated rings. The number of nitriles is 2. The second-order valence-corrected chi connectivity index (χ2v) is 3.06. The largest absolute Gasteiger partial charge is 0.193 e. The molecule has 0 heterocycles. The molecule has 2 heteroatoms. The Morgan fingerprint density at radius 1 is 1.24 bits per heavy atom. The van der Waals surface area contributed by atoms with Gasteiger partial charge in [-0.25, -0.2) is 0 Å². The smallest absolute Gasteiger partial charge is 0.0944 e. The molecule has 84 valence electrons. The van der Waals surface area contributed by atoms with Gasteiger partial charge < -0.3 is 0 Å². The van der Waals surface area contributed by atoms with E-state index in [4.69, 9.17) is 10.5 Å². The Morgan fingerprint density at radius 2 is 1.82 bits per heavy atom. The van der Waals surface area contributed by atoms with Crippen LogP contribution in [0.3, 0.4) is 0 Å². The molecular formula is C15H14N2. The van der Waals surface area contributed by atoms with E-state index in [0.29, 0.717) is 5.57 Å². The van der Waals surface area contributed by atoms with Crippen LogP contribution in [-0.2, 0) is 0 Å². The van der Waals surface area contributed by atoms with Gasteiger partial charge >= 0.3 is 0 Å². The molecule has 0 atom stereocenters. The monoisotopic (exact) mass is 222 g/mol. The lowest BCUT2D eigenvalue weighted by Gasteiger charge is -1.88. The summed E-state index contributed by atoms with van der Waals surface area (Å²) in [5.74, 6) is 0. The molecule has 0 aliphatic carbocycles. The quantitative estimate of drug-likeness (QED) is 0.563. The molecule has 1 aromatic rings. The maximum absolute atomic E-state index is 8.48. The molecule has 0 spiro atoms. The summed E-state index contributed by atoms with van der Waals surface area (Å²) >= 11 is 0. The van der Waals surface area contributed by atoms with Crippen LogP contribution in [0, 0.1) is 22.7 Å². The lowest BCUT2D eigenvalue weighted by atomic mass is 10.2. The minimum Gasteiger partial charge on any atom is -0.193 e. The zero-order valence-corrected chi connectivity index (χ0v) is 9.80. The Bertz CT molecular complexity index is 468. The van der Waals surface area contributed by atoms with Gasteiger partial charge in [0.2, 0.25) is 0 Å². The average molecular weight is 222 g/mol. The highest BCUT2D eigenvalue weighted by Crippen LogP contribution is 2.01. The van der Waals surface area contributed by atoms with E-state index in [1.807, 2.05) is 42.5 Å². The number of nitrogens with zero attached hydrogens (tertiary/aromatic N) is 2. The molecule has 0 unspecified atom stereocenters. The van der Waals surface area contributed by atoms with E-state index in [0.717, 1.165) is 5.56 Å². The van der Waals surface area contributed by atoms with E-state index in [-0.39, 0.29) is 0 Å². The first-order valence-electron chi connectivity index (χ1n) is 5.05. The van der Waals surface area contributed by atoms with Gasteiger partial charge in [-0.1, -0.05) is 49.1 Å². The van der Waals surface area contributed by atoms with E-state index < -0.39 is 0 Å². The predicted octanol–water partition coefficient (Wildman–Crippen LogP) is 3.87. The molecule has 1 aromatic carbocycles. The zero-order chi connectivity index (χ0) is 12.9. The minimum absolute atomic E-state index is 0.715. The molecule has 2 nitrogen and oxygen atoms in total. The second kappa shape index (κ2) is 9.96. The topological polar surface area (TPSA) is 47.6 Å². The number of rotatable bonds is 2. The number of hydrogen-bond donors (Lipinski definition) is 0. The van der Waals surface area contributed by atoms with Crippen molar-refractivity contribution in [3.8, 4) is 12.1 Å². The van der Waals surface area contributed by atoms with Gasteiger partial charge in [0.05, 0.1) is 12.1 Å². The van der Waals surface area contributed by atoms with Crippen molar-refractivity contribution in [3.63, 3.8) is 0 Å². The summed E-state index contributed by atoms with van der Waals surface area (Å²) in [5, 5.41) is 16.0. The van der Waals surface area contributed by atoms with E-state index in [9.17, 15) is 0 Å². The molecule has 0 saturated heterocycles.